The van der Waals surface area contributed by atoms with Crippen molar-refractivity contribution in [1.29, 1.82) is 0 Å². The van der Waals surface area contributed by atoms with E-state index in [0.717, 1.165) is 112 Å². The van der Waals surface area contributed by atoms with Gasteiger partial charge in [0.2, 0.25) is 0 Å². The maximum Gasteiger partial charge on any atom is 0.0702 e. The number of hydrogen-bond acceptors (Lipinski definition) is 3. The third-order valence-corrected chi connectivity index (χ3v) is 24.6. The van der Waals surface area contributed by atoms with Gasteiger partial charge in [0, 0.05) is 68.4 Å². The molecule has 0 amide bonds. The van der Waals surface area contributed by atoms with Gasteiger partial charge in [-0.05, 0) is 201 Å². The molecule has 16 rings (SSSR count). The van der Waals surface area contributed by atoms with Crippen molar-refractivity contribution in [1.82, 2.24) is 19.5 Å². The fraction of sp³-hybridized carbons (Fsp3) is 0.194. The van der Waals surface area contributed by atoms with Gasteiger partial charge in [-0.1, -0.05) is 259 Å². The second kappa shape index (κ2) is 22.5. The molecule has 0 spiro atoms. The molecule has 474 valence electrons. The summed E-state index contributed by atoms with van der Waals surface area (Å²) in [6.07, 6.45) is 6.18. The second-order valence-electron chi connectivity index (χ2n) is 30.5. The van der Waals surface area contributed by atoms with Crippen LogP contribution in [0.3, 0.4) is 0 Å². The molecule has 0 aliphatic heterocycles. The first-order valence-corrected chi connectivity index (χ1v) is 34.5. The largest absolute Gasteiger partial charge is 0.309 e. The van der Waals surface area contributed by atoms with E-state index in [0.29, 0.717) is 0 Å². The van der Waals surface area contributed by atoms with Gasteiger partial charge in [-0.2, -0.15) is 0 Å². The molecule has 2 aliphatic carbocycles. The normalized spacial score (nSPS) is 15.9. The molecular weight excluding hydrogens is 1170 g/mol. The summed E-state index contributed by atoms with van der Waals surface area (Å²) in [5.74, 6) is 0. The van der Waals surface area contributed by atoms with Gasteiger partial charge in [0.05, 0.1) is 28.1 Å². The average molecular weight is 1260 g/mol. The van der Waals surface area contributed by atoms with Gasteiger partial charge in [-0.15, -0.1) is 0 Å². The quantitative estimate of drug-likeness (QED) is 0.130. The molecule has 4 heterocycles. The summed E-state index contributed by atoms with van der Waals surface area (Å²) >= 11 is 0. The van der Waals surface area contributed by atoms with E-state index in [9.17, 15) is 0 Å². The van der Waals surface area contributed by atoms with E-state index in [2.05, 4.69) is 361 Å². The fourth-order valence-electron chi connectivity index (χ4n) is 16.5. The first-order valence-electron chi connectivity index (χ1n) is 34.5. The lowest BCUT2D eigenvalue weighted by molar-refractivity contribution is 0.125. The highest BCUT2D eigenvalue weighted by Gasteiger charge is 2.58. The summed E-state index contributed by atoms with van der Waals surface area (Å²) in [5, 5.41) is 2.46. The van der Waals surface area contributed by atoms with Crippen LogP contribution in [0.2, 0.25) is 0 Å². The number of pyridine rings is 3. The standard InChI is InChI=1S/C93H82N4/c1-88(2)79-43-37-62(54-81(79)90(5,6)92(88,9)10)84-46-40-65(57-95-84)72-30-17-20-33-75(72)68-50-67(51-69(52-68)76-34-21-18-31-73(76)66-41-47-85(96-58-66)63-38-44-80-82(55-63)91(7,8)93(11,12)89(80,3)4)74-32-19-16-29-71(74)64-39-45-83(94-56-64)61-26-24-25-59(49-61)60-42-48-87-78(53-60)77-35-22-23-36-86(77)97(87)70-27-14-13-15-28-70/h13-58H,1-12H3. The average Bonchev–Trinajstić information content (AvgIpc) is 1.55. The zero-order chi connectivity index (χ0) is 67.0. The number of nitrogens with zero attached hydrogens (tertiary/aromatic N) is 4. The van der Waals surface area contributed by atoms with Gasteiger partial charge in [0.25, 0.3) is 0 Å². The highest BCUT2D eigenvalue weighted by Crippen LogP contribution is 2.63. The van der Waals surface area contributed by atoms with E-state index in [1.165, 1.54) is 49.6 Å². The molecule has 4 aromatic heterocycles. The van der Waals surface area contributed by atoms with Gasteiger partial charge in [-0.25, -0.2) is 0 Å². The van der Waals surface area contributed by atoms with Crippen LogP contribution in [0.1, 0.15) is 105 Å². The molecular formula is C93H82N4. The van der Waals surface area contributed by atoms with Gasteiger partial charge in [-0.3, -0.25) is 15.0 Å². The predicted molar refractivity (Wildman–Crippen MR) is 408 cm³/mol. The van der Waals surface area contributed by atoms with Gasteiger partial charge in [0.15, 0.2) is 0 Å². The Morgan fingerprint density at radius 2 is 0.557 bits per heavy atom. The van der Waals surface area contributed by atoms with E-state index < -0.39 is 0 Å². The number of rotatable bonds is 11. The van der Waals surface area contributed by atoms with Crippen LogP contribution in [0.4, 0.5) is 0 Å². The van der Waals surface area contributed by atoms with E-state index in [4.69, 9.17) is 15.0 Å². The highest BCUT2D eigenvalue weighted by molar-refractivity contribution is 6.10. The van der Waals surface area contributed by atoms with Crippen LogP contribution in [-0.4, -0.2) is 19.5 Å². The van der Waals surface area contributed by atoms with Crippen molar-refractivity contribution < 1.29 is 0 Å². The van der Waals surface area contributed by atoms with Gasteiger partial charge < -0.3 is 4.57 Å². The lowest BCUT2D eigenvalue weighted by atomic mass is 9.59. The van der Waals surface area contributed by atoms with E-state index >= 15 is 0 Å². The van der Waals surface area contributed by atoms with Crippen LogP contribution in [0.5, 0.6) is 0 Å². The van der Waals surface area contributed by atoms with Crippen molar-refractivity contribution in [2.75, 3.05) is 0 Å². The molecule has 14 aromatic rings. The number of para-hydroxylation sites is 2. The van der Waals surface area contributed by atoms with Crippen LogP contribution >= 0.6 is 0 Å². The summed E-state index contributed by atoms with van der Waals surface area (Å²) < 4.78 is 2.37. The molecule has 97 heavy (non-hydrogen) atoms. The Labute approximate surface area is 572 Å². The Morgan fingerprint density at radius 3 is 0.990 bits per heavy atom. The number of benzene rings is 10. The van der Waals surface area contributed by atoms with Crippen molar-refractivity contribution in [3.8, 4) is 117 Å². The van der Waals surface area contributed by atoms with Crippen LogP contribution in [-0.2, 0) is 21.7 Å². The predicted octanol–water partition coefficient (Wildman–Crippen LogP) is 24.8. The summed E-state index contributed by atoms with van der Waals surface area (Å²) in [7, 11) is 0. The van der Waals surface area contributed by atoms with E-state index in [1.807, 2.05) is 6.20 Å². The van der Waals surface area contributed by atoms with Crippen LogP contribution in [0, 0.1) is 10.8 Å². The topological polar surface area (TPSA) is 43.6 Å². The minimum Gasteiger partial charge on any atom is -0.309 e. The summed E-state index contributed by atoms with van der Waals surface area (Å²) in [6, 6.07) is 96.0. The van der Waals surface area contributed by atoms with Crippen molar-refractivity contribution in [2.45, 2.75) is 105 Å². The monoisotopic (exact) mass is 1250 g/mol. The smallest absolute Gasteiger partial charge is 0.0702 e. The lowest BCUT2D eigenvalue weighted by Crippen LogP contribution is -2.42. The number of fused-ring (bicyclic) bond motifs is 5. The van der Waals surface area contributed by atoms with Crippen molar-refractivity contribution in [3.05, 3.63) is 302 Å². The van der Waals surface area contributed by atoms with E-state index in [1.54, 1.807) is 0 Å². The molecule has 0 atom stereocenters. The van der Waals surface area contributed by atoms with Crippen LogP contribution in [0.15, 0.2) is 279 Å². The molecule has 0 N–H and O–H groups in total. The molecule has 0 saturated carbocycles. The first-order chi connectivity index (χ1) is 46.6. The lowest BCUT2D eigenvalue weighted by Gasteiger charge is -2.44. The Morgan fingerprint density at radius 1 is 0.227 bits per heavy atom. The number of hydrogen-bond donors (Lipinski definition) is 0. The molecule has 4 heteroatoms. The van der Waals surface area contributed by atoms with Crippen LogP contribution in [0.25, 0.3) is 139 Å². The summed E-state index contributed by atoms with van der Waals surface area (Å²) in [5.41, 5.74) is 31.2. The van der Waals surface area contributed by atoms with Gasteiger partial charge >= 0.3 is 0 Å². The van der Waals surface area contributed by atoms with E-state index in [-0.39, 0.29) is 32.5 Å². The fourth-order valence-corrected chi connectivity index (χ4v) is 16.5. The van der Waals surface area contributed by atoms with Crippen molar-refractivity contribution >= 4 is 21.8 Å². The molecule has 0 saturated heterocycles. The second-order valence-corrected chi connectivity index (χ2v) is 30.5. The molecule has 0 bridgehead atoms. The Bertz CT molecular complexity index is 5230. The number of aromatic nitrogens is 4. The highest BCUT2D eigenvalue weighted by atomic mass is 15.0. The maximum absolute atomic E-state index is 5.24. The Balaban J connectivity index is 0.771. The Hall–Kier alpha value is -10.6. The minimum atomic E-state index is -0.00531. The van der Waals surface area contributed by atoms with Crippen LogP contribution < -0.4 is 0 Å². The maximum atomic E-state index is 5.24. The molecule has 10 aromatic carbocycles. The molecule has 0 unspecified atom stereocenters. The zero-order valence-corrected chi connectivity index (χ0v) is 57.8. The Kier molecular flexibility index (Phi) is 14.2. The third kappa shape index (κ3) is 9.64. The summed E-state index contributed by atoms with van der Waals surface area (Å²) in [4.78, 5) is 15.7. The molecule has 0 fully saturated rings. The molecule has 2 aliphatic rings. The minimum absolute atomic E-state index is 0.00531. The molecule has 4 nitrogen and oxygen atoms in total. The molecule has 0 radical (unpaired) electrons. The third-order valence-electron chi connectivity index (χ3n) is 24.6. The SMILES string of the molecule is CC1(C)c2ccc(-c3ccc(-c4ccccc4-c4cc(-c5ccccc5-c5ccc(-c6cccc(-c7ccc8c(c7)c7ccccc7n8-c7ccccc7)c6)nc5)cc(-c5ccccc5-c5ccc(-c6ccc7c(c6)C(C)(C)C(C)(C)C7(C)C)nc5)c4)cn3)cc2C(C)(C)C1(C)C. The first kappa shape index (κ1) is 61.3. The summed E-state index contributed by atoms with van der Waals surface area (Å²) in [6.45, 7) is 28.9. The van der Waals surface area contributed by atoms with Crippen molar-refractivity contribution in [3.63, 3.8) is 0 Å². The zero-order valence-electron chi connectivity index (χ0n) is 57.8. The van der Waals surface area contributed by atoms with Gasteiger partial charge in [0.1, 0.15) is 0 Å². The van der Waals surface area contributed by atoms with Crippen molar-refractivity contribution in [2.24, 2.45) is 10.8 Å².